The molecule has 3 N–H and O–H groups in total. The SMILES string of the molecule is COc1ccccc1N(C)CCCC(=N)N. The molecule has 0 saturated heterocycles. The maximum Gasteiger partial charge on any atom is 0.142 e. The summed E-state index contributed by atoms with van der Waals surface area (Å²) in [6.07, 6.45) is 1.52. The summed E-state index contributed by atoms with van der Waals surface area (Å²) in [5.41, 5.74) is 6.38. The zero-order valence-electron chi connectivity index (χ0n) is 9.86. The topological polar surface area (TPSA) is 62.3 Å². The summed E-state index contributed by atoms with van der Waals surface area (Å²) in [6, 6.07) is 7.90. The fraction of sp³-hybridized carbons (Fsp3) is 0.417. The molecule has 0 saturated carbocycles. The zero-order valence-corrected chi connectivity index (χ0v) is 9.86. The largest absolute Gasteiger partial charge is 0.495 e. The standard InChI is InChI=1S/C12H19N3O/c1-15(9-5-8-12(13)14)10-6-3-4-7-11(10)16-2/h3-4,6-7H,5,8-9H2,1-2H3,(H3,13,14). The fourth-order valence-electron chi connectivity index (χ4n) is 1.57. The molecule has 0 spiro atoms. The number of anilines is 1. The zero-order chi connectivity index (χ0) is 12.0. The Labute approximate surface area is 96.5 Å². The van der Waals surface area contributed by atoms with Crippen molar-refractivity contribution in [1.29, 1.82) is 5.41 Å². The first-order valence-electron chi connectivity index (χ1n) is 5.32. The Balaban J connectivity index is 2.58. The van der Waals surface area contributed by atoms with Crippen LogP contribution in [0.15, 0.2) is 24.3 Å². The lowest BCUT2D eigenvalue weighted by atomic mass is 10.2. The number of methoxy groups -OCH3 is 1. The van der Waals surface area contributed by atoms with Crippen LogP contribution in [0.5, 0.6) is 5.75 Å². The summed E-state index contributed by atoms with van der Waals surface area (Å²) in [7, 11) is 3.68. The maximum atomic E-state index is 7.16. The van der Waals surface area contributed by atoms with Crippen LogP contribution in [0.3, 0.4) is 0 Å². The minimum absolute atomic E-state index is 0.244. The van der Waals surface area contributed by atoms with Crippen molar-refractivity contribution < 1.29 is 4.74 Å². The van der Waals surface area contributed by atoms with Gasteiger partial charge < -0.3 is 15.4 Å². The van der Waals surface area contributed by atoms with Gasteiger partial charge in [0.25, 0.3) is 0 Å². The Bertz CT molecular complexity index is 352. The monoisotopic (exact) mass is 221 g/mol. The van der Waals surface area contributed by atoms with Crippen LogP contribution in [-0.2, 0) is 0 Å². The summed E-state index contributed by atoms with van der Waals surface area (Å²) in [5.74, 6) is 1.11. The van der Waals surface area contributed by atoms with Gasteiger partial charge >= 0.3 is 0 Å². The minimum Gasteiger partial charge on any atom is -0.495 e. The highest BCUT2D eigenvalue weighted by Crippen LogP contribution is 2.26. The molecular weight excluding hydrogens is 202 g/mol. The third-order valence-electron chi connectivity index (χ3n) is 2.44. The summed E-state index contributed by atoms with van der Waals surface area (Å²) >= 11 is 0. The molecule has 4 nitrogen and oxygen atoms in total. The molecule has 0 aliphatic heterocycles. The van der Waals surface area contributed by atoms with E-state index in [0.717, 1.165) is 24.4 Å². The molecule has 0 bridgehead atoms. The molecule has 1 aromatic carbocycles. The van der Waals surface area contributed by atoms with Gasteiger partial charge in [-0.05, 0) is 18.6 Å². The second-order valence-electron chi connectivity index (χ2n) is 3.72. The average Bonchev–Trinajstić information content (AvgIpc) is 2.28. The molecule has 0 fully saturated rings. The fourth-order valence-corrected chi connectivity index (χ4v) is 1.57. The summed E-state index contributed by atoms with van der Waals surface area (Å²) in [4.78, 5) is 2.11. The summed E-state index contributed by atoms with van der Waals surface area (Å²) < 4.78 is 5.29. The van der Waals surface area contributed by atoms with Crippen LogP contribution in [0.2, 0.25) is 0 Å². The molecule has 0 amide bonds. The van der Waals surface area contributed by atoms with Crippen LogP contribution in [0.4, 0.5) is 5.69 Å². The van der Waals surface area contributed by atoms with Crippen molar-refractivity contribution in [3.63, 3.8) is 0 Å². The smallest absolute Gasteiger partial charge is 0.142 e. The third kappa shape index (κ3) is 3.46. The summed E-state index contributed by atoms with van der Waals surface area (Å²) in [6.45, 7) is 0.861. The van der Waals surface area contributed by atoms with Crippen LogP contribution in [0.25, 0.3) is 0 Å². The number of para-hydroxylation sites is 2. The highest BCUT2D eigenvalue weighted by atomic mass is 16.5. The van der Waals surface area contributed by atoms with E-state index >= 15 is 0 Å². The van der Waals surface area contributed by atoms with Crippen molar-refractivity contribution in [2.45, 2.75) is 12.8 Å². The predicted molar refractivity (Wildman–Crippen MR) is 67.4 cm³/mol. The van der Waals surface area contributed by atoms with E-state index in [4.69, 9.17) is 15.9 Å². The van der Waals surface area contributed by atoms with E-state index in [2.05, 4.69) is 4.90 Å². The van der Waals surface area contributed by atoms with Gasteiger partial charge in [0, 0.05) is 20.0 Å². The Morgan fingerprint density at radius 2 is 2.12 bits per heavy atom. The number of nitrogens with one attached hydrogen (secondary N) is 1. The first kappa shape index (κ1) is 12.4. The molecule has 0 aromatic heterocycles. The predicted octanol–water partition coefficient (Wildman–Crippen LogP) is 1.85. The molecule has 1 aromatic rings. The normalized spacial score (nSPS) is 9.88. The first-order valence-corrected chi connectivity index (χ1v) is 5.32. The Morgan fingerprint density at radius 1 is 1.44 bits per heavy atom. The Hall–Kier alpha value is -1.71. The second kappa shape index (κ2) is 6.00. The van der Waals surface area contributed by atoms with Gasteiger partial charge in [-0.2, -0.15) is 0 Å². The lowest BCUT2D eigenvalue weighted by Gasteiger charge is -2.21. The van der Waals surface area contributed by atoms with Crippen molar-refractivity contribution in [2.24, 2.45) is 5.73 Å². The third-order valence-corrected chi connectivity index (χ3v) is 2.44. The maximum absolute atomic E-state index is 7.16. The number of hydrogen-bond acceptors (Lipinski definition) is 3. The molecule has 0 atom stereocenters. The molecule has 0 unspecified atom stereocenters. The van der Waals surface area contributed by atoms with Gasteiger partial charge in [-0.1, -0.05) is 12.1 Å². The molecular formula is C12H19N3O. The lowest BCUT2D eigenvalue weighted by molar-refractivity contribution is 0.415. The van der Waals surface area contributed by atoms with Gasteiger partial charge in [0.15, 0.2) is 0 Å². The lowest BCUT2D eigenvalue weighted by Crippen LogP contribution is -2.21. The van der Waals surface area contributed by atoms with E-state index in [1.54, 1.807) is 7.11 Å². The van der Waals surface area contributed by atoms with E-state index in [-0.39, 0.29) is 5.84 Å². The van der Waals surface area contributed by atoms with Crippen molar-refractivity contribution in [2.75, 3.05) is 25.6 Å². The van der Waals surface area contributed by atoms with Crippen LogP contribution in [0, 0.1) is 5.41 Å². The number of ether oxygens (including phenoxy) is 1. The molecule has 0 aliphatic rings. The summed E-state index contributed by atoms with van der Waals surface area (Å²) in [5, 5.41) is 7.16. The number of hydrogen-bond donors (Lipinski definition) is 2. The van der Waals surface area contributed by atoms with Gasteiger partial charge in [0.1, 0.15) is 5.75 Å². The van der Waals surface area contributed by atoms with Crippen LogP contribution in [0.1, 0.15) is 12.8 Å². The quantitative estimate of drug-likeness (QED) is 0.569. The number of rotatable bonds is 6. The van der Waals surface area contributed by atoms with Crippen molar-refractivity contribution >= 4 is 11.5 Å². The van der Waals surface area contributed by atoms with E-state index in [9.17, 15) is 0 Å². The van der Waals surface area contributed by atoms with Crippen LogP contribution < -0.4 is 15.4 Å². The van der Waals surface area contributed by atoms with Gasteiger partial charge in [-0.3, -0.25) is 5.41 Å². The van der Waals surface area contributed by atoms with Crippen molar-refractivity contribution in [1.82, 2.24) is 0 Å². The highest BCUT2D eigenvalue weighted by molar-refractivity contribution is 5.76. The van der Waals surface area contributed by atoms with Crippen LogP contribution >= 0.6 is 0 Å². The number of nitrogens with two attached hydrogens (primary N) is 1. The molecule has 0 heterocycles. The number of amidine groups is 1. The van der Waals surface area contributed by atoms with E-state index < -0.39 is 0 Å². The second-order valence-corrected chi connectivity index (χ2v) is 3.72. The van der Waals surface area contributed by atoms with Crippen molar-refractivity contribution in [3.05, 3.63) is 24.3 Å². The van der Waals surface area contributed by atoms with Gasteiger partial charge in [-0.25, -0.2) is 0 Å². The highest BCUT2D eigenvalue weighted by Gasteiger charge is 2.06. The Kier molecular flexibility index (Phi) is 4.64. The van der Waals surface area contributed by atoms with E-state index in [0.29, 0.717) is 6.42 Å². The molecule has 88 valence electrons. The van der Waals surface area contributed by atoms with E-state index in [1.165, 1.54) is 0 Å². The van der Waals surface area contributed by atoms with Gasteiger partial charge in [0.05, 0.1) is 18.6 Å². The van der Waals surface area contributed by atoms with Gasteiger partial charge in [-0.15, -0.1) is 0 Å². The van der Waals surface area contributed by atoms with E-state index in [1.807, 2.05) is 31.3 Å². The number of nitrogens with zero attached hydrogens (tertiary/aromatic N) is 1. The molecule has 4 heteroatoms. The molecule has 16 heavy (non-hydrogen) atoms. The Morgan fingerprint density at radius 3 is 2.75 bits per heavy atom. The minimum atomic E-state index is 0.244. The molecule has 0 aliphatic carbocycles. The average molecular weight is 221 g/mol. The molecule has 0 radical (unpaired) electrons. The number of benzene rings is 1. The van der Waals surface area contributed by atoms with Crippen LogP contribution in [-0.4, -0.2) is 26.5 Å². The van der Waals surface area contributed by atoms with Crippen molar-refractivity contribution in [3.8, 4) is 5.75 Å². The van der Waals surface area contributed by atoms with Gasteiger partial charge in [0.2, 0.25) is 0 Å². The molecule has 1 rings (SSSR count). The first-order chi connectivity index (χ1) is 7.65.